The van der Waals surface area contributed by atoms with Gasteiger partial charge in [0, 0.05) is 5.56 Å². The lowest BCUT2D eigenvalue weighted by Gasteiger charge is -2.13. The first-order valence-corrected chi connectivity index (χ1v) is 11.2. The van der Waals surface area contributed by atoms with Crippen LogP contribution in [0.25, 0.3) is 22.5 Å². The van der Waals surface area contributed by atoms with Crippen LogP contribution in [0.1, 0.15) is 63.1 Å². The molecule has 2 nitrogen and oxygen atoms in total. The van der Waals surface area contributed by atoms with Crippen LogP contribution >= 0.6 is 0 Å². The number of hydrogen-bond acceptors (Lipinski definition) is 2. The molecule has 0 atom stereocenters. The van der Waals surface area contributed by atoms with Crippen molar-refractivity contribution < 1.29 is 4.42 Å². The largest absolute Gasteiger partial charge is 0.464 e. The van der Waals surface area contributed by atoms with Gasteiger partial charge in [0.25, 0.3) is 0 Å². The third-order valence-electron chi connectivity index (χ3n) is 5.97. The lowest BCUT2D eigenvalue weighted by Crippen LogP contribution is -2.00. The van der Waals surface area contributed by atoms with E-state index in [1.807, 2.05) is 19.9 Å². The van der Waals surface area contributed by atoms with E-state index in [2.05, 4.69) is 68.5 Å². The van der Waals surface area contributed by atoms with E-state index < -0.39 is 0 Å². The second-order valence-electron chi connectivity index (χ2n) is 8.33. The van der Waals surface area contributed by atoms with Gasteiger partial charge in [0.1, 0.15) is 5.76 Å². The molecule has 2 aromatic rings. The zero-order valence-corrected chi connectivity index (χ0v) is 19.0. The van der Waals surface area contributed by atoms with Crippen LogP contribution in [0.2, 0.25) is 0 Å². The normalized spacial score (nSPS) is 19.4. The topological polar surface area (TPSA) is 26.0 Å². The minimum absolute atomic E-state index is 0.972. The lowest BCUT2D eigenvalue weighted by atomic mass is 9.97. The van der Waals surface area contributed by atoms with Crippen LogP contribution in [0.5, 0.6) is 0 Å². The summed E-state index contributed by atoms with van der Waals surface area (Å²) < 4.78 is 5.90. The van der Waals surface area contributed by atoms with Gasteiger partial charge in [-0.2, -0.15) is 0 Å². The highest BCUT2D eigenvalue weighted by Gasteiger charge is 2.31. The van der Waals surface area contributed by atoms with Gasteiger partial charge in [-0.3, -0.25) is 0 Å². The number of hydrogen-bond donors (Lipinski definition) is 0. The van der Waals surface area contributed by atoms with E-state index in [0.717, 1.165) is 42.8 Å². The van der Waals surface area contributed by atoms with Crippen LogP contribution in [0, 0.1) is 0 Å². The summed E-state index contributed by atoms with van der Waals surface area (Å²) in [6, 6.07) is 4.08. The minimum atomic E-state index is 0.972. The number of fused-ring (bicyclic) bond motifs is 2. The lowest BCUT2D eigenvalue weighted by molar-refractivity contribution is 0.581. The zero-order chi connectivity index (χ0) is 21.8. The van der Waals surface area contributed by atoms with Crippen LogP contribution in [0.15, 0.2) is 82.6 Å². The summed E-state index contributed by atoms with van der Waals surface area (Å²) in [6.45, 7) is 8.41. The molecule has 0 amide bonds. The van der Waals surface area contributed by atoms with Crippen molar-refractivity contribution in [2.75, 3.05) is 0 Å². The van der Waals surface area contributed by atoms with Crippen LogP contribution < -0.4 is 0 Å². The van der Waals surface area contributed by atoms with Crippen molar-refractivity contribution in [1.29, 1.82) is 0 Å². The van der Waals surface area contributed by atoms with Crippen molar-refractivity contribution in [3.8, 4) is 11.3 Å². The quantitative estimate of drug-likeness (QED) is 0.467. The summed E-state index contributed by atoms with van der Waals surface area (Å²) in [7, 11) is 0. The number of aromatic nitrogens is 1. The second-order valence-corrected chi connectivity index (χ2v) is 8.33. The predicted octanol–water partition coefficient (Wildman–Crippen LogP) is 8.05. The molecule has 2 heterocycles. The Morgan fingerprint density at radius 1 is 0.839 bits per heavy atom. The van der Waals surface area contributed by atoms with Crippen molar-refractivity contribution in [2.24, 2.45) is 0 Å². The Bertz CT molecular complexity index is 1080. The molecule has 31 heavy (non-hydrogen) atoms. The molecule has 2 heteroatoms. The fourth-order valence-corrected chi connectivity index (χ4v) is 4.58. The maximum absolute atomic E-state index is 5.90. The molecule has 0 radical (unpaired) electrons. The average Bonchev–Trinajstić information content (AvgIpc) is 3.51. The smallest absolute Gasteiger partial charge is 0.134 e. The van der Waals surface area contributed by atoms with Crippen molar-refractivity contribution in [3.63, 3.8) is 0 Å². The minimum Gasteiger partial charge on any atom is -0.464 e. The molecule has 2 aliphatic rings. The molecule has 0 N–H and O–H groups in total. The van der Waals surface area contributed by atoms with Crippen LogP contribution in [0.4, 0.5) is 0 Å². The molecule has 0 unspecified atom stereocenters. The van der Waals surface area contributed by atoms with Crippen LogP contribution in [-0.4, -0.2) is 4.98 Å². The highest BCUT2D eigenvalue weighted by molar-refractivity contribution is 5.86. The van der Waals surface area contributed by atoms with Gasteiger partial charge in [0.2, 0.25) is 0 Å². The third-order valence-corrected chi connectivity index (χ3v) is 5.97. The molecule has 0 aromatic carbocycles. The van der Waals surface area contributed by atoms with Gasteiger partial charge in [-0.25, -0.2) is 4.98 Å². The summed E-state index contributed by atoms with van der Waals surface area (Å²) in [6.07, 6.45) is 23.1. The number of nitrogens with zero attached hydrogens (tertiary/aromatic N) is 1. The monoisotopic (exact) mass is 409 g/mol. The van der Waals surface area contributed by atoms with Gasteiger partial charge in [-0.15, -0.1) is 0 Å². The maximum Gasteiger partial charge on any atom is 0.134 e. The summed E-state index contributed by atoms with van der Waals surface area (Å²) in [5.74, 6) is 0.972. The number of furan rings is 1. The van der Waals surface area contributed by atoms with Gasteiger partial charge in [-0.05, 0) is 87.8 Å². The van der Waals surface area contributed by atoms with Gasteiger partial charge in [0.15, 0.2) is 0 Å². The summed E-state index contributed by atoms with van der Waals surface area (Å²) >= 11 is 0. The van der Waals surface area contributed by atoms with E-state index in [-0.39, 0.29) is 0 Å². The fraction of sp³-hybridized carbons (Fsp3) is 0.276. The second kappa shape index (κ2) is 9.34. The molecule has 0 aliphatic heterocycles. The third kappa shape index (κ3) is 4.34. The first-order valence-electron chi connectivity index (χ1n) is 11.2. The summed E-state index contributed by atoms with van der Waals surface area (Å²) in [5.41, 5.74) is 11.5. The first kappa shape index (κ1) is 21.1. The molecule has 0 bridgehead atoms. The molecule has 0 spiro atoms. The molecule has 0 fully saturated rings. The molecule has 158 valence electrons. The molecule has 4 rings (SSSR count). The Kier molecular flexibility index (Phi) is 6.36. The Labute approximate surface area is 186 Å². The molecule has 0 saturated carbocycles. The Morgan fingerprint density at radius 3 is 1.84 bits per heavy atom. The molecule has 0 saturated heterocycles. The van der Waals surface area contributed by atoms with Gasteiger partial charge in [0.05, 0.1) is 17.7 Å². The summed E-state index contributed by atoms with van der Waals surface area (Å²) in [5, 5.41) is 0. The van der Waals surface area contributed by atoms with Crippen molar-refractivity contribution >= 4 is 11.1 Å². The van der Waals surface area contributed by atoms with Gasteiger partial charge in [-0.1, -0.05) is 59.8 Å². The van der Waals surface area contributed by atoms with E-state index in [1.54, 1.807) is 6.26 Å². The summed E-state index contributed by atoms with van der Waals surface area (Å²) in [4.78, 5) is 5.27. The fourth-order valence-electron chi connectivity index (χ4n) is 4.58. The Balaban J connectivity index is 1.88. The van der Waals surface area contributed by atoms with Crippen LogP contribution in [-0.2, 0) is 12.8 Å². The van der Waals surface area contributed by atoms with E-state index >= 15 is 0 Å². The van der Waals surface area contributed by atoms with E-state index in [9.17, 15) is 0 Å². The van der Waals surface area contributed by atoms with Gasteiger partial charge >= 0.3 is 0 Å². The molecule has 2 aliphatic carbocycles. The van der Waals surface area contributed by atoms with Crippen molar-refractivity contribution in [1.82, 2.24) is 4.98 Å². The van der Waals surface area contributed by atoms with Crippen molar-refractivity contribution in [3.05, 3.63) is 101 Å². The highest BCUT2D eigenvalue weighted by atomic mass is 16.3. The standard InChI is InChI=1S/C29H31NO/c1-5-7-10-20(3)18-22-13-15-24-27(26-12-9-17-31-26)25-16-14-23(29(25)30-28(22)24)19-21(4)11-8-6-2/h5-12,17-19H,13-16H2,1-4H3/b7-5-,8-6-,20-10+,21-11+,22-18+,23-19+. The molecular formula is C29H31NO. The highest BCUT2D eigenvalue weighted by Crippen LogP contribution is 2.46. The molecule has 2 aromatic heterocycles. The Morgan fingerprint density at radius 2 is 1.39 bits per heavy atom. The maximum atomic E-state index is 5.90. The number of rotatable bonds is 5. The van der Waals surface area contributed by atoms with Crippen molar-refractivity contribution in [2.45, 2.75) is 53.4 Å². The van der Waals surface area contributed by atoms with Gasteiger partial charge < -0.3 is 4.42 Å². The number of pyridine rings is 1. The first-order chi connectivity index (χ1) is 15.1. The zero-order valence-electron chi connectivity index (χ0n) is 19.0. The predicted molar refractivity (Wildman–Crippen MR) is 132 cm³/mol. The Hall–Kier alpha value is -3.13. The SMILES string of the molecule is C\C=C/C=C(C)/C=C1\CCc2c1nc1c(c2-c2ccco2)CC\C1=C/C(C)=C/C=C\C. The van der Waals surface area contributed by atoms with E-state index in [0.29, 0.717) is 0 Å². The molecular weight excluding hydrogens is 378 g/mol. The van der Waals surface area contributed by atoms with E-state index in [1.165, 1.54) is 39.0 Å². The van der Waals surface area contributed by atoms with E-state index in [4.69, 9.17) is 9.40 Å². The van der Waals surface area contributed by atoms with Crippen LogP contribution in [0.3, 0.4) is 0 Å². The number of allylic oxidation sites excluding steroid dienone is 12. The average molecular weight is 410 g/mol.